The molecule has 2 nitrogen and oxygen atoms in total. The van der Waals surface area contributed by atoms with Crippen LogP contribution in [0.3, 0.4) is 0 Å². The number of thioether (sulfide) groups is 1. The minimum absolute atomic E-state index is 0.188. The molecular weight excluding hydrogens is 310 g/mol. The van der Waals surface area contributed by atoms with E-state index in [9.17, 15) is 4.79 Å². The van der Waals surface area contributed by atoms with Crippen molar-refractivity contribution in [2.24, 2.45) is 5.92 Å². The van der Waals surface area contributed by atoms with Gasteiger partial charge in [-0.05, 0) is 37.1 Å². The van der Waals surface area contributed by atoms with Crippen molar-refractivity contribution in [1.29, 1.82) is 0 Å². The van der Waals surface area contributed by atoms with Crippen LogP contribution in [0.4, 0.5) is 0 Å². The van der Waals surface area contributed by atoms with Gasteiger partial charge in [0.25, 0.3) is 5.91 Å². The van der Waals surface area contributed by atoms with Gasteiger partial charge >= 0.3 is 0 Å². The van der Waals surface area contributed by atoms with Crippen molar-refractivity contribution in [2.75, 3.05) is 24.7 Å². The summed E-state index contributed by atoms with van der Waals surface area (Å²) in [5, 5.41) is 1.05. The lowest BCUT2D eigenvalue weighted by Gasteiger charge is -2.31. The van der Waals surface area contributed by atoms with E-state index in [4.69, 9.17) is 0 Å². The third-order valence-corrected chi connectivity index (χ3v) is 5.17. The van der Waals surface area contributed by atoms with Crippen LogP contribution >= 0.6 is 27.7 Å². The van der Waals surface area contributed by atoms with Crippen molar-refractivity contribution in [3.05, 3.63) is 29.8 Å². The minimum Gasteiger partial charge on any atom is -0.339 e. The molecule has 0 aliphatic carbocycles. The number of halogens is 1. The molecule has 18 heavy (non-hydrogen) atoms. The summed E-state index contributed by atoms with van der Waals surface area (Å²) in [7, 11) is 0. The van der Waals surface area contributed by atoms with Gasteiger partial charge in [0.05, 0.1) is 5.56 Å². The summed E-state index contributed by atoms with van der Waals surface area (Å²) in [5.74, 6) is 0.915. The van der Waals surface area contributed by atoms with E-state index >= 15 is 0 Å². The molecule has 1 aromatic rings. The van der Waals surface area contributed by atoms with Crippen LogP contribution in [0.15, 0.2) is 29.2 Å². The van der Waals surface area contributed by atoms with Gasteiger partial charge in [-0.3, -0.25) is 4.79 Å². The lowest BCUT2D eigenvalue weighted by Crippen LogP contribution is -2.39. The van der Waals surface area contributed by atoms with Crippen LogP contribution in [-0.4, -0.2) is 35.5 Å². The number of hydrogen-bond donors (Lipinski definition) is 0. The average Bonchev–Trinajstić information content (AvgIpc) is 2.46. The Balaban J connectivity index is 2.08. The van der Waals surface area contributed by atoms with Crippen LogP contribution in [0.25, 0.3) is 0 Å². The Labute approximate surface area is 121 Å². The van der Waals surface area contributed by atoms with E-state index in [-0.39, 0.29) is 5.91 Å². The number of rotatable bonds is 3. The standard InChI is InChI=1S/C14H18BrNOS/c1-18-13-5-3-2-4-12(13)14(17)16-8-6-11(10-15)7-9-16/h2-5,11H,6-10H2,1H3. The summed E-state index contributed by atoms with van der Waals surface area (Å²) in [4.78, 5) is 15.5. The molecule has 0 saturated carbocycles. The third-order valence-electron chi connectivity index (χ3n) is 3.46. The fourth-order valence-corrected chi connectivity index (χ4v) is 3.52. The largest absolute Gasteiger partial charge is 0.339 e. The van der Waals surface area contributed by atoms with E-state index in [0.29, 0.717) is 0 Å². The van der Waals surface area contributed by atoms with Crippen LogP contribution in [0, 0.1) is 5.92 Å². The molecule has 98 valence electrons. The average molecular weight is 328 g/mol. The Bertz CT molecular complexity index is 416. The highest BCUT2D eigenvalue weighted by Crippen LogP contribution is 2.24. The summed E-state index contributed by atoms with van der Waals surface area (Å²) in [6.07, 6.45) is 4.24. The zero-order valence-electron chi connectivity index (χ0n) is 10.6. The van der Waals surface area contributed by atoms with Gasteiger partial charge in [0.1, 0.15) is 0 Å². The normalized spacial score (nSPS) is 16.9. The summed E-state index contributed by atoms with van der Waals surface area (Å²) in [5.41, 5.74) is 0.849. The molecule has 1 aliphatic heterocycles. The molecule has 0 spiro atoms. The van der Waals surface area contributed by atoms with Crippen LogP contribution in [0.5, 0.6) is 0 Å². The SMILES string of the molecule is CSc1ccccc1C(=O)N1CCC(CBr)CC1. The second kappa shape index (κ2) is 6.62. The molecule has 1 aliphatic rings. The molecule has 4 heteroatoms. The van der Waals surface area contributed by atoms with Crippen molar-refractivity contribution in [2.45, 2.75) is 17.7 Å². The zero-order valence-corrected chi connectivity index (χ0v) is 13.0. The van der Waals surface area contributed by atoms with Gasteiger partial charge in [0.2, 0.25) is 0 Å². The van der Waals surface area contributed by atoms with E-state index < -0.39 is 0 Å². The third kappa shape index (κ3) is 3.09. The molecule has 2 rings (SSSR count). The van der Waals surface area contributed by atoms with Gasteiger partial charge in [-0.2, -0.15) is 0 Å². The number of benzene rings is 1. The smallest absolute Gasteiger partial charge is 0.254 e. The number of piperidine rings is 1. The van der Waals surface area contributed by atoms with Gasteiger partial charge < -0.3 is 4.90 Å². The predicted octanol–water partition coefficient (Wildman–Crippen LogP) is 3.66. The summed E-state index contributed by atoms with van der Waals surface area (Å²) < 4.78 is 0. The lowest BCUT2D eigenvalue weighted by molar-refractivity contribution is 0.0695. The van der Waals surface area contributed by atoms with Gasteiger partial charge in [-0.15, -0.1) is 11.8 Å². The predicted molar refractivity (Wildman–Crippen MR) is 80.6 cm³/mol. The number of hydrogen-bond acceptors (Lipinski definition) is 2. The number of amides is 1. The zero-order chi connectivity index (χ0) is 13.0. The Morgan fingerprint density at radius 1 is 1.39 bits per heavy atom. The Morgan fingerprint density at radius 2 is 2.06 bits per heavy atom. The monoisotopic (exact) mass is 327 g/mol. The lowest BCUT2D eigenvalue weighted by atomic mass is 9.98. The first kappa shape index (κ1) is 13.9. The Hall–Kier alpha value is -0.480. The number of carbonyl (C=O) groups excluding carboxylic acids is 1. The number of nitrogens with zero attached hydrogens (tertiary/aromatic N) is 1. The molecule has 1 fully saturated rings. The second-order valence-electron chi connectivity index (χ2n) is 4.59. The minimum atomic E-state index is 0.188. The molecule has 1 heterocycles. The maximum atomic E-state index is 12.5. The molecule has 0 radical (unpaired) electrons. The van der Waals surface area contributed by atoms with Crippen molar-refractivity contribution in [3.8, 4) is 0 Å². The van der Waals surface area contributed by atoms with Gasteiger partial charge in [0.15, 0.2) is 0 Å². The van der Waals surface area contributed by atoms with E-state index in [1.54, 1.807) is 11.8 Å². The van der Waals surface area contributed by atoms with E-state index in [0.717, 1.165) is 47.6 Å². The van der Waals surface area contributed by atoms with Crippen molar-refractivity contribution in [3.63, 3.8) is 0 Å². The van der Waals surface area contributed by atoms with Gasteiger partial charge in [0, 0.05) is 23.3 Å². The first-order valence-corrected chi connectivity index (χ1v) is 8.59. The molecule has 1 aromatic carbocycles. The molecule has 0 bridgehead atoms. The van der Waals surface area contributed by atoms with Crippen LogP contribution < -0.4 is 0 Å². The van der Waals surface area contributed by atoms with Crippen molar-refractivity contribution >= 4 is 33.6 Å². The maximum Gasteiger partial charge on any atom is 0.254 e. The van der Waals surface area contributed by atoms with Gasteiger partial charge in [-0.1, -0.05) is 28.1 Å². The quantitative estimate of drug-likeness (QED) is 0.623. The Morgan fingerprint density at radius 3 is 2.67 bits per heavy atom. The highest BCUT2D eigenvalue weighted by Gasteiger charge is 2.24. The Kier molecular flexibility index (Phi) is 5.13. The second-order valence-corrected chi connectivity index (χ2v) is 6.09. The molecular formula is C14H18BrNOS. The number of carbonyl (C=O) groups is 1. The molecule has 0 unspecified atom stereocenters. The summed E-state index contributed by atoms with van der Waals surface area (Å²) >= 11 is 5.17. The van der Waals surface area contributed by atoms with Crippen LogP contribution in [-0.2, 0) is 0 Å². The molecule has 0 atom stereocenters. The highest BCUT2D eigenvalue weighted by atomic mass is 79.9. The topological polar surface area (TPSA) is 20.3 Å². The first-order chi connectivity index (χ1) is 8.76. The van der Waals surface area contributed by atoms with E-state index in [1.165, 1.54) is 0 Å². The van der Waals surface area contributed by atoms with E-state index in [1.807, 2.05) is 35.4 Å². The van der Waals surface area contributed by atoms with Crippen molar-refractivity contribution in [1.82, 2.24) is 4.90 Å². The first-order valence-electron chi connectivity index (χ1n) is 6.24. The summed E-state index contributed by atoms with van der Waals surface area (Å²) in [6, 6.07) is 7.88. The van der Waals surface area contributed by atoms with Crippen LogP contribution in [0.1, 0.15) is 23.2 Å². The fraction of sp³-hybridized carbons (Fsp3) is 0.500. The van der Waals surface area contributed by atoms with Crippen molar-refractivity contribution < 1.29 is 4.79 Å². The number of likely N-dealkylation sites (tertiary alicyclic amines) is 1. The molecule has 0 aromatic heterocycles. The van der Waals surface area contributed by atoms with E-state index in [2.05, 4.69) is 15.9 Å². The molecule has 0 N–H and O–H groups in total. The molecule has 1 amide bonds. The molecule has 1 saturated heterocycles. The number of alkyl halides is 1. The highest BCUT2D eigenvalue weighted by molar-refractivity contribution is 9.09. The summed E-state index contributed by atoms with van der Waals surface area (Å²) in [6.45, 7) is 1.77. The maximum absolute atomic E-state index is 12.5. The fourth-order valence-electron chi connectivity index (χ4n) is 2.28. The van der Waals surface area contributed by atoms with Gasteiger partial charge in [-0.25, -0.2) is 0 Å². The van der Waals surface area contributed by atoms with Crippen LogP contribution in [0.2, 0.25) is 0 Å².